The first-order valence-corrected chi connectivity index (χ1v) is 34.5. The molecular weight excluding hydrogens is 1210 g/mol. The third-order valence-electron chi connectivity index (χ3n) is 20.8. The summed E-state index contributed by atoms with van der Waals surface area (Å²) in [6.45, 7) is 0. The van der Waals surface area contributed by atoms with E-state index in [2.05, 4.69) is 396 Å². The molecule has 0 radical (unpaired) electrons. The predicted molar refractivity (Wildman–Crippen MR) is 429 cm³/mol. The van der Waals surface area contributed by atoms with Gasteiger partial charge in [-0.1, -0.05) is 315 Å². The SMILES string of the molecule is c1ccc2c(N(c3cccc4ccccc34)c3cc(N(c4cccc5ccccc45)c4cccc5ccccc45)c4ccc5c(N(c6cccc7ccccc67)c6cccc7ccccc67)cc(N(c6cccc7ccccc67)c6cccc7ccccc67)c6ccc3c4c65)cccc2c1. The number of hydrogen-bond acceptors (Lipinski definition) is 4. The Morgan fingerprint density at radius 3 is 0.410 bits per heavy atom. The minimum absolute atomic E-state index is 1.04. The van der Waals surface area contributed by atoms with Crippen LogP contribution in [0.5, 0.6) is 0 Å². The summed E-state index contributed by atoms with van der Waals surface area (Å²) >= 11 is 0. The van der Waals surface area contributed by atoms with Gasteiger partial charge < -0.3 is 19.6 Å². The molecule has 20 rings (SSSR count). The summed E-state index contributed by atoms with van der Waals surface area (Å²) in [6, 6.07) is 140. The van der Waals surface area contributed by atoms with Crippen LogP contribution in [0.4, 0.5) is 68.2 Å². The molecule has 20 aromatic rings. The zero-order chi connectivity index (χ0) is 65.8. The van der Waals surface area contributed by atoms with Crippen molar-refractivity contribution in [1.82, 2.24) is 0 Å². The molecule has 0 saturated carbocycles. The molecule has 0 N–H and O–H groups in total. The zero-order valence-electron chi connectivity index (χ0n) is 54.6. The number of rotatable bonds is 12. The van der Waals surface area contributed by atoms with Crippen molar-refractivity contribution in [3.05, 3.63) is 376 Å². The summed E-state index contributed by atoms with van der Waals surface area (Å²) < 4.78 is 0. The first-order valence-electron chi connectivity index (χ1n) is 34.5. The van der Waals surface area contributed by atoms with Gasteiger partial charge in [-0.15, -0.1) is 0 Å². The minimum Gasteiger partial charge on any atom is -0.309 e. The third kappa shape index (κ3) is 9.01. The van der Waals surface area contributed by atoms with Crippen molar-refractivity contribution in [3.63, 3.8) is 0 Å². The highest BCUT2D eigenvalue weighted by Gasteiger charge is 2.32. The molecule has 20 aromatic carbocycles. The van der Waals surface area contributed by atoms with Crippen LogP contribution in [0.3, 0.4) is 0 Å². The van der Waals surface area contributed by atoms with E-state index >= 15 is 0 Å². The van der Waals surface area contributed by atoms with Gasteiger partial charge in [0.25, 0.3) is 0 Å². The fourth-order valence-electron chi connectivity index (χ4n) is 16.4. The van der Waals surface area contributed by atoms with Crippen LogP contribution in [-0.2, 0) is 0 Å². The Bertz CT molecular complexity index is 5510. The molecule has 0 saturated heterocycles. The van der Waals surface area contributed by atoms with Gasteiger partial charge in [0, 0.05) is 75.4 Å². The van der Waals surface area contributed by atoms with Crippen LogP contribution in [-0.4, -0.2) is 0 Å². The molecular formula is C96H62N4. The average Bonchev–Trinajstić information content (AvgIpc) is 0.696. The molecule has 0 heterocycles. The Morgan fingerprint density at radius 1 is 0.110 bits per heavy atom. The van der Waals surface area contributed by atoms with Crippen molar-refractivity contribution in [1.29, 1.82) is 0 Å². The van der Waals surface area contributed by atoms with Gasteiger partial charge >= 0.3 is 0 Å². The summed E-state index contributed by atoms with van der Waals surface area (Å²) in [5.41, 5.74) is 12.8. The maximum atomic E-state index is 2.59. The fourth-order valence-corrected chi connectivity index (χ4v) is 16.4. The Balaban J connectivity index is 1.03. The molecule has 0 amide bonds. The van der Waals surface area contributed by atoms with Crippen molar-refractivity contribution < 1.29 is 0 Å². The lowest BCUT2D eigenvalue weighted by Crippen LogP contribution is -2.17. The Kier molecular flexibility index (Phi) is 13.2. The highest BCUT2D eigenvalue weighted by Crippen LogP contribution is 2.58. The molecule has 466 valence electrons. The predicted octanol–water partition coefficient (Wildman–Crippen LogP) is 27.7. The second kappa shape index (κ2) is 23.2. The van der Waals surface area contributed by atoms with Crippen LogP contribution >= 0.6 is 0 Å². The average molecular weight is 1270 g/mol. The van der Waals surface area contributed by atoms with Gasteiger partial charge in [0.1, 0.15) is 0 Å². The minimum atomic E-state index is 1.04. The molecule has 0 unspecified atom stereocenters. The first-order chi connectivity index (χ1) is 49.7. The number of anilines is 12. The van der Waals surface area contributed by atoms with E-state index < -0.39 is 0 Å². The van der Waals surface area contributed by atoms with Crippen molar-refractivity contribution in [3.8, 4) is 0 Å². The Hall–Kier alpha value is -13.3. The van der Waals surface area contributed by atoms with E-state index in [-0.39, 0.29) is 0 Å². The van der Waals surface area contributed by atoms with Gasteiger partial charge in [-0.05, 0) is 104 Å². The third-order valence-corrected chi connectivity index (χ3v) is 20.8. The van der Waals surface area contributed by atoms with Crippen LogP contribution < -0.4 is 19.6 Å². The monoisotopic (exact) mass is 1270 g/mol. The van der Waals surface area contributed by atoms with E-state index in [1.54, 1.807) is 0 Å². The first kappa shape index (κ1) is 57.0. The molecule has 4 nitrogen and oxygen atoms in total. The molecule has 0 aliphatic rings. The van der Waals surface area contributed by atoms with E-state index in [1.807, 2.05) is 0 Å². The van der Waals surface area contributed by atoms with Crippen LogP contribution in [0.15, 0.2) is 376 Å². The largest absolute Gasteiger partial charge is 0.309 e. The Morgan fingerprint density at radius 2 is 0.250 bits per heavy atom. The van der Waals surface area contributed by atoms with Gasteiger partial charge in [0.2, 0.25) is 0 Å². The molecule has 0 aliphatic carbocycles. The van der Waals surface area contributed by atoms with Crippen molar-refractivity contribution in [2.75, 3.05) is 19.6 Å². The highest BCUT2D eigenvalue weighted by atomic mass is 15.2. The molecule has 0 aliphatic heterocycles. The van der Waals surface area contributed by atoms with E-state index in [9.17, 15) is 0 Å². The van der Waals surface area contributed by atoms with Crippen molar-refractivity contribution in [2.45, 2.75) is 0 Å². The van der Waals surface area contributed by atoms with Gasteiger partial charge in [0.15, 0.2) is 0 Å². The standard InChI is InChI=1S/C96H62N4/c1-9-41-71-63(25-1)33-17-49-83(71)97(84-50-18-34-64-26-2-10-42-72(64)84)91-61-92(98(85-51-19-35-65-27-3-11-43-73(65)85)86-52-20-36-66-28-4-12-44-74(66)86)80-59-60-82-94(100(89-55-23-39-69-31-7-15-47-77(69)89)90-56-24-40-70-32-8-16-48-78(70)90)62-93(81-58-57-79(91)95(80)96(81)82)99(87-53-21-37-67-29-5-13-45-75(67)87)88-54-22-38-68-30-6-14-46-76(68)88/h1-62H. The fraction of sp³-hybridized carbons (Fsp3) is 0. The zero-order valence-corrected chi connectivity index (χ0v) is 54.6. The Labute approximate surface area is 578 Å². The molecule has 0 bridgehead atoms. The van der Waals surface area contributed by atoms with Crippen LogP contribution in [0.25, 0.3) is 118 Å². The van der Waals surface area contributed by atoms with E-state index in [0.29, 0.717) is 0 Å². The maximum Gasteiger partial charge on any atom is 0.0562 e. The smallest absolute Gasteiger partial charge is 0.0562 e. The molecule has 4 heteroatoms. The molecule has 0 fully saturated rings. The summed E-state index contributed by atoms with van der Waals surface area (Å²) in [5, 5.41) is 25.2. The summed E-state index contributed by atoms with van der Waals surface area (Å²) in [4.78, 5) is 10.3. The van der Waals surface area contributed by atoms with E-state index in [4.69, 9.17) is 0 Å². The van der Waals surface area contributed by atoms with E-state index in [0.717, 1.165) is 187 Å². The quantitative estimate of drug-likeness (QED) is 0.113. The summed E-state index contributed by atoms with van der Waals surface area (Å²) in [5.74, 6) is 0. The second-order valence-corrected chi connectivity index (χ2v) is 26.2. The highest BCUT2D eigenvalue weighted by molar-refractivity contribution is 6.34. The lowest BCUT2D eigenvalue weighted by molar-refractivity contribution is 1.29. The van der Waals surface area contributed by atoms with Gasteiger partial charge in [-0.25, -0.2) is 0 Å². The van der Waals surface area contributed by atoms with Crippen LogP contribution in [0.2, 0.25) is 0 Å². The van der Waals surface area contributed by atoms with Gasteiger partial charge in [0.05, 0.1) is 68.2 Å². The normalized spacial score (nSPS) is 11.8. The van der Waals surface area contributed by atoms with Gasteiger partial charge in [-0.3, -0.25) is 0 Å². The van der Waals surface area contributed by atoms with Crippen LogP contribution in [0.1, 0.15) is 0 Å². The summed E-state index contributed by atoms with van der Waals surface area (Å²) in [6.07, 6.45) is 0. The number of fused-ring (bicyclic) bond motifs is 8. The maximum absolute atomic E-state index is 2.59. The lowest BCUT2D eigenvalue weighted by Gasteiger charge is -2.36. The summed E-state index contributed by atoms with van der Waals surface area (Å²) in [7, 11) is 0. The van der Waals surface area contributed by atoms with Crippen molar-refractivity contribution >= 4 is 187 Å². The van der Waals surface area contributed by atoms with Gasteiger partial charge in [-0.2, -0.15) is 0 Å². The molecule has 0 spiro atoms. The molecule has 100 heavy (non-hydrogen) atoms. The number of nitrogens with zero attached hydrogens (tertiary/aromatic N) is 4. The number of hydrogen-bond donors (Lipinski definition) is 0. The molecule has 0 aromatic heterocycles. The lowest BCUT2D eigenvalue weighted by atomic mass is 9.88. The van der Waals surface area contributed by atoms with Crippen LogP contribution in [0, 0.1) is 0 Å². The van der Waals surface area contributed by atoms with E-state index in [1.165, 1.54) is 0 Å². The van der Waals surface area contributed by atoms with Crippen molar-refractivity contribution in [2.24, 2.45) is 0 Å². The molecule has 0 atom stereocenters. The second-order valence-electron chi connectivity index (χ2n) is 26.2. The topological polar surface area (TPSA) is 13.0 Å². The number of benzene rings is 20.